The predicted molar refractivity (Wildman–Crippen MR) is 91.6 cm³/mol. The third-order valence-electron chi connectivity index (χ3n) is 3.58. The number of hydrogen-bond acceptors (Lipinski definition) is 6. The fraction of sp³-hybridized carbons (Fsp3) is 0.312. The SMILES string of the molecule is COC(=O)CN1C(=O)/C(=C/c2cccc(OC)c2OC)N(C)C1=S. The normalized spacial score (nSPS) is 15.9. The van der Waals surface area contributed by atoms with E-state index in [4.69, 9.17) is 21.7 Å². The number of esters is 1. The van der Waals surface area contributed by atoms with Crippen LogP contribution in [0.3, 0.4) is 0 Å². The summed E-state index contributed by atoms with van der Waals surface area (Å²) >= 11 is 5.24. The van der Waals surface area contributed by atoms with E-state index in [0.717, 1.165) is 0 Å². The molecule has 0 spiro atoms. The van der Waals surface area contributed by atoms with Crippen LogP contribution >= 0.6 is 12.2 Å². The third-order valence-corrected chi connectivity index (χ3v) is 4.08. The first-order valence-corrected chi connectivity index (χ1v) is 7.44. The number of thiocarbonyl (C=S) groups is 1. The lowest BCUT2D eigenvalue weighted by molar-refractivity contribution is -0.143. The molecule has 1 heterocycles. The number of nitrogens with zero attached hydrogens (tertiary/aromatic N) is 2. The molecule has 24 heavy (non-hydrogen) atoms. The molecule has 0 unspecified atom stereocenters. The van der Waals surface area contributed by atoms with Crippen molar-refractivity contribution >= 4 is 35.3 Å². The molecule has 0 atom stereocenters. The average Bonchev–Trinajstić information content (AvgIpc) is 2.79. The number of likely N-dealkylation sites (N-methyl/N-ethyl adjacent to an activating group) is 1. The molecule has 7 nitrogen and oxygen atoms in total. The van der Waals surface area contributed by atoms with Crippen LogP contribution in [0.25, 0.3) is 6.08 Å². The number of para-hydroxylation sites is 1. The highest BCUT2D eigenvalue weighted by Crippen LogP contribution is 2.33. The van der Waals surface area contributed by atoms with E-state index in [-0.39, 0.29) is 17.6 Å². The smallest absolute Gasteiger partial charge is 0.325 e. The van der Waals surface area contributed by atoms with Gasteiger partial charge in [0.1, 0.15) is 12.2 Å². The van der Waals surface area contributed by atoms with Crippen molar-refractivity contribution in [3.63, 3.8) is 0 Å². The molecule has 1 aliphatic rings. The Morgan fingerprint density at radius 1 is 1.25 bits per heavy atom. The van der Waals surface area contributed by atoms with E-state index in [2.05, 4.69) is 4.74 Å². The highest BCUT2D eigenvalue weighted by atomic mass is 32.1. The molecule has 1 aliphatic heterocycles. The van der Waals surface area contributed by atoms with Gasteiger partial charge in [-0.2, -0.15) is 0 Å². The van der Waals surface area contributed by atoms with Gasteiger partial charge in [0, 0.05) is 12.6 Å². The summed E-state index contributed by atoms with van der Waals surface area (Å²) in [6, 6.07) is 5.34. The van der Waals surface area contributed by atoms with Gasteiger partial charge in [-0.15, -0.1) is 0 Å². The van der Waals surface area contributed by atoms with Gasteiger partial charge in [0.05, 0.1) is 21.3 Å². The van der Waals surface area contributed by atoms with Gasteiger partial charge in [-0.25, -0.2) is 0 Å². The Kier molecular flexibility index (Phi) is 5.40. The molecular weight excluding hydrogens is 332 g/mol. The first-order chi connectivity index (χ1) is 11.4. The second-order valence-corrected chi connectivity index (χ2v) is 5.29. The number of benzene rings is 1. The maximum Gasteiger partial charge on any atom is 0.325 e. The van der Waals surface area contributed by atoms with Crippen molar-refractivity contribution in [2.45, 2.75) is 0 Å². The minimum Gasteiger partial charge on any atom is -0.493 e. The second kappa shape index (κ2) is 7.31. The van der Waals surface area contributed by atoms with Crippen LogP contribution in [0.4, 0.5) is 0 Å². The van der Waals surface area contributed by atoms with Gasteiger partial charge in [0.25, 0.3) is 5.91 Å². The number of rotatable bonds is 5. The van der Waals surface area contributed by atoms with Crippen molar-refractivity contribution in [3.05, 3.63) is 29.5 Å². The van der Waals surface area contributed by atoms with Crippen molar-refractivity contribution in [2.75, 3.05) is 34.9 Å². The summed E-state index contributed by atoms with van der Waals surface area (Å²) < 4.78 is 15.2. The number of methoxy groups -OCH3 is 3. The zero-order chi connectivity index (χ0) is 17.9. The summed E-state index contributed by atoms with van der Waals surface area (Å²) in [6.45, 7) is -0.231. The Labute approximate surface area is 145 Å². The van der Waals surface area contributed by atoms with E-state index < -0.39 is 5.97 Å². The summed E-state index contributed by atoms with van der Waals surface area (Å²) in [5.74, 6) is 0.136. The number of amides is 1. The third kappa shape index (κ3) is 3.18. The van der Waals surface area contributed by atoms with Crippen LogP contribution in [-0.2, 0) is 14.3 Å². The summed E-state index contributed by atoms with van der Waals surface area (Å²) in [6.07, 6.45) is 1.65. The lowest BCUT2D eigenvalue weighted by Crippen LogP contribution is -2.36. The Bertz CT molecular complexity index is 716. The van der Waals surface area contributed by atoms with E-state index in [0.29, 0.717) is 22.8 Å². The molecule has 0 saturated carbocycles. The van der Waals surface area contributed by atoms with Gasteiger partial charge in [-0.1, -0.05) is 12.1 Å². The summed E-state index contributed by atoms with van der Waals surface area (Å²) in [7, 11) is 5.98. The number of carbonyl (C=O) groups excluding carboxylic acids is 2. The van der Waals surface area contributed by atoms with Crippen molar-refractivity contribution in [2.24, 2.45) is 0 Å². The topological polar surface area (TPSA) is 68.3 Å². The zero-order valence-corrected chi connectivity index (χ0v) is 14.7. The molecule has 0 aliphatic carbocycles. The van der Waals surface area contributed by atoms with Crippen molar-refractivity contribution in [1.82, 2.24) is 9.80 Å². The molecule has 1 aromatic carbocycles. The molecule has 1 fully saturated rings. The predicted octanol–water partition coefficient (Wildman–Crippen LogP) is 1.28. The summed E-state index contributed by atoms with van der Waals surface area (Å²) in [5.41, 5.74) is 0.991. The Hall–Kier alpha value is -2.61. The van der Waals surface area contributed by atoms with E-state index in [1.807, 2.05) is 0 Å². The number of hydrogen-bond donors (Lipinski definition) is 0. The molecule has 0 aromatic heterocycles. The minimum atomic E-state index is -0.542. The van der Waals surface area contributed by atoms with Gasteiger partial charge >= 0.3 is 5.97 Å². The molecule has 0 N–H and O–H groups in total. The van der Waals surface area contributed by atoms with Crippen molar-refractivity contribution < 1.29 is 23.8 Å². The lowest BCUT2D eigenvalue weighted by atomic mass is 10.1. The van der Waals surface area contributed by atoms with Gasteiger partial charge < -0.3 is 19.1 Å². The van der Waals surface area contributed by atoms with Crippen LogP contribution in [0.1, 0.15) is 5.56 Å². The van der Waals surface area contributed by atoms with Gasteiger partial charge in [-0.05, 0) is 24.4 Å². The zero-order valence-electron chi connectivity index (χ0n) is 13.9. The molecule has 2 rings (SSSR count). The van der Waals surface area contributed by atoms with E-state index >= 15 is 0 Å². The van der Waals surface area contributed by atoms with Crippen LogP contribution in [0.2, 0.25) is 0 Å². The lowest BCUT2D eigenvalue weighted by Gasteiger charge is -2.14. The molecular formula is C16H18N2O5S. The fourth-order valence-corrected chi connectivity index (χ4v) is 2.56. The average molecular weight is 350 g/mol. The molecule has 0 radical (unpaired) electrons. The molecule has 1 saturated heterocycles. The van der Waals surface area contributed by atoms with Crippen LogP contribution in [0.15, 0.2) is 23.9 Å². The van der Waals surface area contributed by atoms with Crippen LogP contribution < -0.4 is 9.47 Å². The van der Waals surface area contributed by atoms with E-state index in [1.54, 1.807) is 36.2 Å². The maximum atomic E-state index is 12.6. The van der Waals surface area contributed by atoms with Gasteiger partial charge in [0.2, 0.25) is 0 Å². The highest BCUT2D eigenvalue weighted by Gasteiger charge is 2.37. The number of ether oxygens (including phenoxy) is 3. The highest BCUT2D eigenvalue weighted by molar-refractivity contribution is 7.80. The molecule has 128 valence electrons. The number of carbonyl (C=O) groups is 2. The van der Waals surface area contributed by atoms with Gasteiger partial charge in [0.15, 0.2) is 16.6 Å². The molecule has 0 bridgehead atoms. The molecule has 1 amide bonds. The first kappa shape index (κ1) is 17.7. The monoisotopic (exact) mass is 350 g/mol. The minimum absolute atomic E-state index is 0.231. The van der Waals surface area contributed by atoms with E-state index in [9.17, 15) is 9.59 Å². The summed E-state index contributed by atoms with van der Waals surface area (Å²) in [4.78, 5) is 26.8. The Morgan fingerprint density at radius 3 is 2.54 bits per heavy atom. The standard InChI is InChI=1S/C16H18N2O5S/c1-17-11(15(20)18(16(17)24)9-13(19)22-3)8-10-6-5-7-12(21-2)14(10)23-4/h5-8H,9H2,1-4H3/b11-8-. The fourth-order valence-electron chi connectivity index (χ4n) is 2.32. The van der Waals surface area contributed by atoms with Gasteiger partial charge in [-0.3, -0.25) is 14.5 Å². The Balaban J connectivity index is 2.42. The van der Waals surface area contributed by atoms with Crippen LogP contribution in [0.5, 0.6) is 11.5 Å². The largest absolute Gasteiger partial charge is 0.493 e. The summed E-state index contributed by atoms with van der Waals surface area (Å²) in [5, 5.41) is 0.235. The van der Waals surface area contributed by atoms with Crippen molar-refractivity contribution in [3.8, 4) is 11.5 Å². The molecule has 1 aromatic rings. The van der Waals surface area contributed by atoms with E-state index in [1.165, 1.54) is 26.2 Å². The second-order valence-electron chi connectivity index (χ2n) is 4.92. The van der Waals surface area contributed by atoms with Crippen LogP contribution in [0, 0.1) is 0 Å². The Morgan fingerprint density at radius 2 is 1.96 bits per heavy atom. The quantitative estimate of drug-likeness (QED) is 0.450. The van der Waals surface area contributed by atoms with Crippen molar-refractivity contribution in [1.29, 1.82) is 0 Å². The molecule has 8 heteroatoms. The maximum absolute atomic E-state index is 12.6. The van der Waals surface area contributed by atoms with Crippen LogP contribution in [-0.4, -0.2) is 61.7 Å². The first-order valence-electron chi connectivity index (χ1n) is 7.03.